The summed E-state index contributed by atoms with van der Waals surface area (Å²) in [6.07, 6.45) is 0. The Morgan fingerprint density at radius 2 is 2.12 bits per heavy atom. The maximum atomic E-state index is 6.86. The molecule has 0 atom stereocenters. The van der Waals surface area contributed by atoms with E-state index < -0.39 is 0 Å². The van der Waals surface area contributed by atoms with Crippen molar-refractivity contribution in [1.29, 1.82) is 0 Å². The third-order valence-electron chi connectivity index (χ3n) is 0.632. The smallest absolute Gasteiger partial charge is 0.167 e. The van der Waals surface area contributed by atoms with Gasteiger partial charge in [-0.25, -0.2) is 0 Å². The van der Waals surface area contributed by atoms with Gasteiger partial charge in [-0.1, -0.05) is 11.6 Å². The highest BCUT2D eigenvalue weighted by molar-refractivity contribution is 6.29. The zero-order valence-corrected chi connectivity index (χ0v) is 4.68. The van der Waals surface area contributed by atoms with Crippen LogP contribution in [0.25, 0.3) is 0 Å². The minimum atomic E-state index is 0.134. The van der Waals surface area contributed by atoms with Gasteiger partial charge < -0.3 is 0 Å². The summed E-state index contributed by atoms with van der Waals surface area (Å²) in [6.45, 7) is 0. The molecule has 41 valence electrons. The highest BCUT2D eigenvalue weighted by atomic mass is 35.5. The first-order valence-electron chi connectivity index (χ1n) is 2.00. The standard InChI is InChI=1S/C4H3ClN3/c5-3-1-2-4(6)8-7-3/h1-2,6H. The molecule has 0 fully saturated rings. The van der Waals surface area contributed by atoms with Crippen molar-refractivity contribution in [2.45, 2.75) is 0 Å². The Balaban J connectivity index is 3.03. The molecular weight excluding hydrogens is 126 g/mol. The van der Waals surface area contributed by atoms with Crippen molar-refractivity contribution < 1.29 is 0 Å². The summed E-state index contributed by atoms with van der Waals surface area (Å²) in [6, 6.07) is 3.01. The fourth-order valence-corrected chi connectivity index (χ4v) is 0.417. The van der Waals surface area contributed by atoms with E-state index >= 15 is 0 Å². The Labute approximate surface area is 51.5 Å². The highest BCUT2D eigenvalue weighted by Gasteiger charge is 1.86. The molecule has 1 aromatic rings. The average Bonchev–Trinajstić information content (AvgIpc) is 1.77. The zero-order valence-electron chi connectivity index (χ0n) is 3.93. The number of nitrogens with zero attached hydrogens (tertiary/aromatic N) is 2. The van der Waals surface area contributed by atoms with Crippen molar-refractivity contribution in [3.05, 3.63) is 17.3 Å². The molecule has 1 rings (SSSR count). The van der Waals surface area contributed by atoms with E-state index in [9.17, 15) is 0 Å². The van der Waals surface area contributed by atoms with Gasteiger partial charge in [-0.2, -0.15) is 0 Å². The molecule has 3 nitrogen and oxygen atoms in total. The molecule has 0 amide bonds. The predicted molar refractivity (Wildman–Crippen MR) is 29.8 cm³/mol. The van der Waals surface area contributed by atoms with E-state index in [1.165, 1.54) is 12.1 Å². The van der Waals surface area contributed by atoms with Crippen LogP contribution < -0.4 is 5.73 Å². The molecule has 1 aromatic heterocycles. The number of hydrogen-bond acceptors (Lipinski definition) is 2. The molecule has 0 bridgehead atoms. The van der Waals surface area contributed by atoms with Gasteiger partial charge >= 0.3 is 0 Å². The lowest BCUT2D eigenvalue weighted by atomic mass is 10.5. The predicted octanol–water partition coefficient (Wildman–Crippen LogP) is 1.04. The van der Waals surface area contributed by atoms with Crippen LogP contribution in [0.4, 0.5) is 5.82 Å². The fraction of sp³-hybridized carbons (Fsp3) is 0. The maximum Gasteiger partial charge on any atom is 0.167 e. The van der Waals surface area contributed by atoms with Gasteiger partial charge in [-0.15, -0.1) is 10.2 Å². The minimum absolute atomic E-state index is 0.134. The Morgan fingerprint density at radius 1 is 1.38 bits per heavy atom. The first-order chi connectivity index (χ1) is 3.79. The van der Waals surface area contributed by atoms with E-state index in [0.29, 0.717) is 5.15 Å². The molecule has 0 aromatic carbocycles. The maximum absolute atomic E-state index is 6.86. The number of hydrogen-bond donors (Lipinski definition) is 0. The monoisotopic (exact) mass is 128 g/mol. The fourth-order valence-electron chi connectivity index (χ4n) is 0.316. The molecule has 1 radical (unpaired) electrons. The van der Waals surface area contributed by atoms with Crippen molar-refractivity contribution in [2.75, 3.05) is 0 Å². The van der Waals surface area contributed by atoms with Crippen LogP contribution in [0.3, 0.4) is 0 Å². The van der Waals surface area contributed by atoms with Gasteiger partial charge in [0.1, 0.15) is 0 Å². The Bertz CT molecular complexity index is 150. The third kappa shape index (κ3) is 1.07. The van der Waals surface area contributed by atoms with Gasteiger partial charge in [0.25, 0.3) is 0 Å². The molecule has 0 unspecified atom stereocenters. The summed E-state index contributed by atoms with van der Waals surface area (Å²) in [5.74, 6) is 0.134. The largest absolute Gasteiger partial charge is 0.281 e. The van der Waals surface area contributed by atoms with E-state index in [1.807, 2.05) is 0 Å². The van der Waals surface area contributed by atoms with Crippen LogP contribution in [0.1, 0.15) is 0 Å². The number of nitrogens with one attached hydrogen (secondary N) is 1. The van der Waals surface area contributed by atoms with Crippen molar-refractivity contribution in [3.63, 3.8) is 0 Å². The van der Waals surface area contributed by atoms with Crippen LogP contribution >= 0.6 is 11.6 Å². The van der Waals surface area contributed by atoms with Crippen molar-refractivity contribution >= 4 is 17.4 Å². The van der Waals surface area contributed by atoms with Crippen LogP contribution in [0, 0.1) is 0 Å². The van der Waals surface area contributed by atoms with E-state index in [1.54, 1.807) is 0 Å². The normalized spacial score (nSPS) is 9.12. The quantitative estimate of drug-likeness (QED) is 0.524. The summed E-state index contributed by atoms with van der Waals surface area (Å²) >= 11 is 5.35. The Morgan fingerprint density at radius 3 is 2.50 bits per heavy atom. The van der Waals surface area contributed by atoms with Crippen molar-refractivity contribution in [3.8, 4) is 0 Å². The molecule has 8 heavy (non-hydrogen) atoms. The van der Waals surface area contributed by atoms with Gasteiger partial charge in [0.15, 0.2) is 11.0 Å². The molecule has 1 heterocycles. The molecule has 0 aliphatic carbocycles. The van der Waals surface area contributed by atoms with E-state index in [2.05, 4.69) is 10.2 Å². The number of aromatic nitrogens is 2. The molecule has 0 saturated heterocycles. The van der Waals surface area contributed by atoms with E-state index in [4.69, 9.17) is 17.3 Å². The lowest BCUT2D eigenvalue weighted by molar-refractivity contribution is 1.02. The van der Waals surface area contributed by atoms with Gasteiger partial charge in [-0.05, 0) is 12.1 Å². The molecule has 0 aliphatic heterocycles. The molecule has 4 heteroatoms. The Kier molecular flexibility index (Phi) is 1.30. The lowest BCUT2D eigenvalue weighted by Crippen LogP contribution is -1.81. The second-order valence-corrected chi connectivity index (χ2v) is 1.63. The summed E-state index contributed by atoms with van der Waals surface area (Å²) in [7, 11) is 0. The minimum Gasteiger partial charge on any atom is -0.281 e. The lowest BCUT2D eigenvalue weighted by Gasteiger charge is -1.84. The van der Waals surface area contributed by atoms with Crippen LogP contribution in [-0.4, -0.2) is 10.2 Å². The van der Waals surface area contributed by atoms with Gasteiger partial charge in [0.05, 0.1) is 0 Å². The second-order valence-electron chi connectivity index (χ2n) is 1.24. The average molecular weight is 129 g/mol. The molecule has 1 N–H and O–H groups in total. The van der Waals surface area contributed by atoms with Crippen molar-refractivity contribution in [1.82, 2.24) is 15.9 Å². The van der Waals surface area contributed by atoms with E-state index in [0.717, 1.165) is 0 Å². The van der Waals surface area contributed by atoms with Gasteiger partial charge in [-0.3, -0.25) is 5.73 Å². The van der Waals surface area contributed by atoms with Crippen molar-refractivity contribution in [2.24, 2.45) is 0 Å². The number of halogens is 1. The highest BCUT2D eigenvalue weighted by Crippen LogP contribution is 2.02. The second kappa shape index (κ2) is 1.96. The number of rotatable bonds is 0. The summed E-state index contributed by atoms with van der Waals surface area (Å²) in [5, 5.41) is 7.09. The topological polar surface area (TPSA) is 49.6 Å². The van der Waals surface area contributed by atoms with E-state index in [-0.39, 0.29) is 5.82 Å². The van der Waals surface area contributed by atoms with Crippen LogP contribution in [0.15, 0.2) is 12.1 Å². The van der Waals surface area contributed by atoms with Crippen LogP contribution in [-0.2, 0) is 0 Å². The molecule has 0 spiro atoms. The summed E-state index contributed by atoms with van der Waals surface area (Å²) < 4.78 is 0. The van der Waals surface area contributed by atoms with Gasteiger partial charge in [0, 0.05) is 0 Å². The van der Waals surface area contributed by atoms with Crippen LogP contribution in [0.5, 0.6) is 0 Å². The molecule has 0 aliphatic rings. The third-order valence-corrected chi connectivity index (χ3v) is 0.834. The summed E-state index contributed by atoms with van der Waals surface area (Å²) in [5.41, 5.74) is 6.86. The molecular formula is C4H3ClN3. The Hall–Kier alpha value is -0.830. The zero-order chi connectivity index (χ0) is 5.98. The first kappa shape index (κ1) is 5.31. The first-order valence-corrected chi connectivity index (χ1v) is 2.37. The van der Waals surface area contributed by atoms with Gasteiger partial charge in [0.2, 0.25) is 0 Å². The summed E-state index contributed by atoms with van der Waals surface area (Å²) in [4.78, 5) is 0. The SMILES string of the molecule is [NH]c1ccc(Cl)nn1. The van der Waals surface area contributed by atoms with Crippen LogP contribution in [0.2, 0.25) is 5.15 Å². The molecule has 0 saturated carbocycles.